The molecule has 3 aromatic rings. The molecule has 0 bridgehead atoms. The minimum Gasteiger partial charge on any atom is -0.322 e. The SMILES string of the molecule is CN(C)CCN(C)Cc1cc(Cl)c(C(=O)Nc2ccc(Cl)cc2C(=O)Nc2ccc(Cl)cc2)s1. The molecule has 0 radical (unpaired) electrons. The van der Waals surface area contributed by atoms with Crippen molar-refractivity contribution in [3.05, 3.63) is 78.9 Å². The number of carbonyl (C=O) groups is 2. The third-order valence-electron chi connectivity index (χ3n) is 4.88. The van der Waals surface area contributed by atoms with Gasteiger partial charge in [0.1, 0.15) is 4.88 Å². The van der Waals surface area contributed by atoms with E-state index in [1.165, 1.54) is 17.4 Å². The maximum atomic E-state index is 13.0. The lowest BCUT2D eigenvalue weighted by Crippen LogP contribution is -2.28. The monoisotopic (exact) mass is 538 g/mol. The second kappa shape index (κ2) is 12.0. The molecule has 3 rings (SSSR count). The van der Waals surface area contributed by atoms with Crippen LogP contribution in [-0.2, 0) is 6.54 Å². The average Bonchev–Trinajstić information content (AvgIpc) is 3.15. The molecule has 0 spiro atoms. The Labute approximate surface area is 218 Å². The Morgan fingerprint density at radius 2 is 1.53 bits per heavy atom. The van der Waals surface area contributed by atoms with Crippen molar-refractivity contribution in [1.29, 1.82) is 0 Å². The number of benzene rings is 2. The minimum atomic E-state index is -0.416. The molecule has 1 aromatic heterocycles. The van der Waals surface area contributed by atoms with E-state index in [-0.39, 0.29) is 11.5 Å². The lowest BCUT2D eigenvalue weighted by atomic mass is 10.1. The maximum absolute atomic E-state index is 13.0. The van der Waals surface area contributed by atoms with Crippen molar-refractivity contribution in [2.75, 3.05) is 44.9 Å². The third kappa shape index (κ3) is 7.43. The summed E-state index contributed by atoms with van der Waals surface area (Å²) < 4.78 is 0. The number of carbonyl (C=O) groups excluding carboxylic acids is 2. The number of anilines is 2. The smallest absolute Gasteiger partial charge is 0.267 e. The number of thiophene rings is 1. The molecule has 34 heavy (non-hydrogen) atoms. The zero-order chi connectivity index (χ0) is 24.8. The highest BCUT2D eigenvalue weighted by molar-refractivity contribution is 7.14. The normalized spacial score (nSPS) is 11.2. The first-order chi connectivity index (χ1) is 16.1. The van der Waals surface area contributed by atoms with Gasteiger partial charge in [-0.3, -0.25) is 9.59 Å². The second-order valence-electron chi connectivity index (χ2n) is 8.04. The summed E-state index contributed by atoms with van der Waals surface area (Å²) in [7, 11) is 6.08. The molecular weight excluding hydrogens is 515 g/mol. The van der Waals surface area contributed by atoms with Crippen molar-refractivity contribution in [2.45, 2.75) is 6.54 Å². The van der Waals surface area contributed by atoms with Crippen molar-refractivity contribution in [1.82, 2.24) is 9.80 Å². The zero-order valence-electron chi connectivity index (χ0n) is 19.0. The van der Waals surface area contributed by atoms with Crippen molar-refractivity contribution in [3.63, 3.8) is 0 Å². The fourth-order valence-corrected chi connectivity index (χ4v) is 4.81. The first kappa shape index (κ1) is 26.5. The summed E-state index contributed by atoms with van der Waals surface area (Å²) in [6.45, 7) is 2.50. The van der Waals surface area contributed by atoms with Crippen LogP contribution in [0.1, 0.15) is 24.9 Å². The van der Waals surface area contributed by atoms with E-state index in [4.69, 9.17) is 34.8 Å². The highest BCUT2D eigenvalue weighted by Gasteiger charge is 2.20. The van der Waals surface area contributed by atoms with Gasteiger partial charge in [-0.1, -0.05) is 34.8 Å². The molecule has 2 N–H and O–H groups in total. The average molecular weight is 540 g/mol. The van der Waals surface area contributed by atoms with Gasteiger partial charge in [0.25, 0.3) is 11.8 Å². The van der Waals surface area contributed by atoms with Crippen molar-refractivity contribution < 1.29 is 9.59 Å². The molecule has 0 atom stereocenters. The van der Waals surface area contributed by atoms with Crippen LogP contribution in [0.2, 0.25) is 15.1 Å². The van der Waals surface area contributed by atoms with Crippen molar-refractivity contribution in [2.24, 2.45) is 0 Å². The number of halogens is 3. The van der Waals surface area contributed by atoms with Gasteiger partial charge in [0.2, 0.25) is 0 Å². The molecular formula is C24H25Cl3N4O2S. The molecule has 180 valence electrons. The van der Waals surface area contributed by atoms with Crippen molar-refractivity contribution in [3.8, 4) is 0 Å². The molecule has 2 amide bonds. The van der Waals surface area contributed by atoms with Gasteiger partial charge in [-0.2, -0.15) is 0 Å². The van der Waals surface area contributed by atoms with Crippen LogP contribution < -0.4 is 10.6 Å². The predicted molar refractivity (Wildman–Crippen MR) is 143 cm³/mol. The Kier molecular flexibility index (Phi) is 9.36. The van der Waals surface area contributed by atoms with E-state index >= 15 is 0 Å². The number of amides is 2. The van der Waals surface area contributed by atoms with E-state index in [0.29, 0.717) is 37.9 Å². The van der Waals surface area contributed by atoms with Crippen LogP contribution in [0.3, 0.4) is 0 Å². The number of nitrogens with zero attached hydrogens (tertiary/aromatic N) is 2. The van der Waals surface area contributed by atoms with E-state index in [2.05, 4.69) is 20.4 Å². The van der Waals surface area contributed by atoms with E-state index in [1.54, 1.807) is 36.4 Å². The lowest BCUT2D eigenvalue weighted by molar-refractivity contribution is 0.102. The quantitative estimate of drug-likeness (QED) is 0.339. The van der Waals surface area contributed by atoms with Crippen LogP contribution in [0.5, 0.6) is 0 Å². The van der Waals surface area contributed by atoms with Crippen LogP contribution >= 0.6 is 46.1 Å². The van der Waals surface area contributed by atoms with Crippen LogP contribution in [0.15, 0.2) is 48.5 Å². The standard InChI is InChI=1S/C24H25Cl3N4O2S/c1-30(2)10-11-31(3)14-18-13-20(27)22(34-18)24(33)29-21-9-6-16(26)12-19(21)23(32)28-17-7-4-15(25)5-8-17/h4-9,12-13H,10-11,14H2,1-3H3,(H,28,32)(H,29,33). The zero-order valence-corrected chi connectivity index (χ0v) is 22.1. The van der Waals surface area contributed by atoms with Crippen LogP contribution in [0.25, 0.3) is 0 Å². The van der Waals surface area contributed by atoms with Crippen LogP contribution in [0.4, 0.5) is 11.4 Å². The summed E-state index contributed by atoms with van der Waals surface area (Å²) in [6, 6.07) is 13.2. The summed E-state index contributed by atoms with van der Waals surface area (Å²) >= 11 is 19.7. The highest BCUT2D eigenvalue weighted by Crippen LogP contribution is 2.30. The molecule has 0 unspecified atom stereocenters. The van der Waals surface area contributed by atoms with Gasteiger partial charge in [-0.05, 0) is 69.7 Å². The Hall–Kier alpha value is -2.13. The highest BCUT2D eigenvalue weighted by atomic mass is 35.5. The molecule has 1 heterocycles. The van der Waals surface area contributed by atoms with Gasteiger partial charge in [0, 0.05) is 40.2 Å². The van der Waals surface area contributed by atoms with Gasteiger partial charge in [-0.15, -0.1) is 11.3 Å². The maximum Gasteiger partial charge on any atom is 0.267 e. The van der Waals surface area contributed by atoms with Gasteiger partial charge in [-0.25, -0.2) is 0 Å². The van der Waals surface area contributed by atoms with E-state index in [1.807, 2.05) is 27.2 Å². The molecule has 10 heteroatoms. The topological polar surface area (TPSA) is 64.7 Å². The first-order valence-corrected chi connectivity index (χ1v) is 12.4. The molecule has 6 nitrogen and oxygen atoms in total. The van der Waals surface area contributed by atoms with Crippen LogP contribution in [0, 0.1) is 0 Å². The Morgan fingerprint density at radius 1 is 0.853 bits per heavy atom. The van der Waals surface area contributed by atoms with E-state index in [0.717, 1.165) is 18.0 Å². The molecule has 0 aliphatic heterocycles. The van der Waals surface area contributed by atoms with E-state index in [9.17, 15) is 9.59 Å². The number of hydrogen-bond donors (Lipinski definition) is 2. The second-order valence-corrected chi connectivity index (χ2v) is 10.5. The fourth-order valence-electron chi connectivity index (χ4n) is 3.09. The first-order valence-electron chi connectivity index (χ1n) is 10.4. The summed E-state index contributed by atoms with van der Waals surface area (Å²) in [5.41, 5.74) is 1.12. The number of rotatable bonds is 9. The summed E-state index contributed by atoms with van der Waals surface area (Å²) in [4.78, 5) is 31.6. The summed E-state index contributed by atoms with van der Waals surface area (Å²) in [5.74, 6) is -0.805. The Bertz CT molecular complexity index is 1170. The molecule has 0 aliphatic carbocycles. The van der Waals surface area contributed by atoms with Crippen molar-refractivity contribution >= 4 is 69.3 Å². The van der Waals surface area contributed by atoms with Gasteiger partial charge in [0.15, 0.2) is 0 Å². The molecule has 0 saturated heterocycles. The predicted octanol–water partition coefficient (Wildman–Crippen LogP) is 6.21. The number of nitrogens with one attached hydrogen (secondary N) is 2. The molecule has 0 fully saturated rings. The Balaban J connectivity index is 1.74. The largest absolute Gasteiger partial charge is 0.322 e. The molecule has 0 aliphatic rings. The summed E-state index contributed by atoms with van der Waals surface area (Å²) in [5, 5.41) is 6.89. The number of hydrogen-bond acceptors (Lipinski definition) is 5. The minimum absolute atomic E-state index is 0.229. The Morgan fingerprint density at radius 3 is 2.21 bits per heavy atom. The summed E-state index contributed by atoms with van der Waals surface area (Å²) in [6.07, 6.45) is 0. The fraction of sp³-hybridized carbons (Fsp3) is 0.250. The van der Waals surface area contributed by atoms with Crippen LogP contribution in [-0.4, -0.2) is 55.8 Å². The van der Waals surface area contributed by atoms with E-state index < -0.39 is 5.91 Å². The van der Waals surface area contributed by atoms with Gasteiger partial charge >= 0.3 is 0 Å². The van der Waals surface area contributed by atoms with Gasteiger partial charge < -0.3 is 20.4 Å². The van der Waals surface area contributed by atoms with Gasteiger partial charge in [0.05, 0.1) is 16.3 Å². The third-order valence-corrected chi connectivity index (χ3v) is 6.89. The lowest BCUT2D eigenvalue weighted by Gasteiger charge is -2.18. The number of likely N-dealkylation sites (N-methyl/N-ethyl adjacent to an activating group) is 2. The molecule has 0 saturated carbocycles. The molecule has 2 aromatic carbocycles.